The Bertz CT molecular complexity index is 450. The van der Waals surface area contributed by atoms with E-state index in [0.29, 0.717) is 12.0 Å². The summed E-state index contributed by atoms with van der Waals surface area (Å²) in [7, 11) is 0. The molecule has 2 heteroatoms. The predicted octanol–water partition coefficient (Wildman–Crippen LogP) is 4.78. The predicted molar refractivity (Wildman–Crippen MR) is 87.6 cm³/mol. The van der Waals surface area contributed by atoms with Gasteiger partial charge in [0.05, 0.1) is 0 Å². The second kappa shape index (κ2) is 5.53. The summed E-state index contributed by atoms with van der Waals surface area (Å²) in [6.07, 6.45) is 16.2. The fourth-order valence-corrected chi connectivity index (χ4v) is 6.86. The molecule has 0 radical (unpaired) electrons. The summed E-state index contributed by atoms with van der Waals surface area (Å²) in [5.41, 5.74) is 10.1. The van der Waals surface area contributed by atoms with Crippen molar-refractivity contribution in [2.75, 3.05) is 0 Å². The first-order valence-corrected chi connectivity index (χ1v) is 9.56. The number of hydrogen-bond donors (Lipinski definition) is 1. The van der Waals surface area contributed by atoms with Gasteiger partial charge in [0.15, 0.2) is 0 Å². The van der Waals surface area contributed by atoms with Gasteiger partial charge < -0.3 is 5.73 Å². The standard InChI is InChI=1S/C18H27NS/c19-15-11-10-14-13-8-4-5-9-16(13)20-18(14)17(15)12-6-2-1-3-7-12/h6,13,15-17H,1-5,7-11,19H2. The Hall–Kier alpha value is -0.210. The van der Waals surface area contributed by atoms with E-state index in [1.165, 1.54) is 64.2 Å². The highest BCUT2D eigenvalue weighted by Gasteiger charge is 2.43. The number of thioether (sulfide) groups is 1. The molecule has 1 saturated carbocycles. The Morgan fingerprint density at radius 3 is 2.75 bits per heavy atom. The van der Waals surface area contributed by atoms with Crippen molar-refractivity contribution >= 4 is 11.8 Å². The lowest BCUT2D eigenvalue weighted by Gasteiger charge is -2.34. The molecule has 20 heavy (non-hydrogen) atoms. The summed E-state index contributed by atoms with van der Waals surface area (Å²) in [5, 5.41) is 0.908. The van der Waals surface area contributed by atoms with Crippen LogP contribution in [0.1, 0.15) is 64.2 Å². The van der Waals surface area contributed by atoms with Gasteiger partial charge >= 0.3 is 0 Å². The second-order valence-electron chi connectivity index (χ2n) is 7.14. The Morgan fingerprint density at radius 1 is 1.00 bits per heavy atom. The van der Waals surface area contributed by atoms with Gasteiger partial charge in [-0.3, -0.25) is 0 Å². The third-order valence-electron chi connectivity index (χ3n) is 5.93. The third-order valence-corrected chi connectivity index (χ3v) is 7.57. The lowest BCUT2D eigenvalue weighted by molar-refractivity contribution is 0.389. The summed E-state index contributed by atoms with van der Waals surface area (Å²) in [6, 6.07) is 0.394. The fourth-order valence-electron chi connectivity index (χ4n) is 4.91. The van der Waals surface area contributed by atoms with Crippen LogP contribution in [-0.2, 0) is 0 Å². The van der Waals surface area contributed by atoms with E-state index >= 15 is 0 Å². The van der Waals surface area contributed by atoms with Crippen LogP contribution in [0, 0.1) is 11.8 Å². The molecule has 4 rings (SSSR count). The minimum Gasteiger partial charge on any atom is -0.327 e. The maximum Gasteiger partial charge on any atom is 0.0259 e. The van der Waals surface area contributed by atoms with Crippen LogP contribution in [0.3, 0.4) is 0 Å². The monoisotopic (exact) mass is 289 g/mol. The van der Waals surface area contributed by atoms with E-state index in [0.717, 1.165) is 11.2 Å². The maximum atomic E-state index is 6.57. The minimum atomic E-state index is 0.394. The van der Waals surface area contributed by atoms with Gasteiger partial charge in [-0.2, -0.15) is 0 Å². The van der Waals surface area contributed by atoms with Crippen molar-refractivity contribution in [3.05, 3.63) is 22.1 Å². The zero-order valence-corrected chi connectivity index (χ0v) is 13.3. The average molecular weight is 289 g/mol. The van der Waals surface area contributed by atoms with E-state index in [1.807, 2.05) is 5.57 Å². The van der Waals surface area contributed by atoms with E-state index in [1.54, 1.807) is 10.5 Å². The topological polar surface area (TPSA) is 26.0 Å². The van der Waals surface area contributed by atoms with Gasteiger partial charge in [0.1, 0.15) is 0 Å². The van der Waals surface area contributed by atoms with Gasteiger partial charge in [-0.25, -0.2) is 0 Å². The molecule has 3 aliphatic carbocycles. The molecular weight excluding hydrogens is 262 g/mol. The van der Waals surface area contributed by atoms with Crippen molar-refractivity contribution in [1.82, 2.24) is 0 Å². The number of rotatable bonds is 1. The van der Waals surface area contributed by atoms with Crippen molar-refractivity contribution in [3.8, 4) is 0 Å². The minimum absolute atomic E-state index is 0.394. The molecule has 0 amide bonds. The van der Waals surface area contributed by atoms with Crippen molar-refractivity contribution < 1.29 is 0 Å². The molecule has 0 aromatic heterocycles. The Labute approximate surface area is 127 Å². The number of hydrogen-bond acceptors (Lipinski definition) is 2. The molecule has 1 heterocycles. The molecule has 2 N–H and O–H groups in total. The van der Waals surface area contributed by atoms with Crippen molar-refractivity contribution in [1.29, 1.82) is 0 Å². The number of nitrogens with two attached hydrogens (primary N) is 1. The summed E-state index contributed by atoms with van der Waals surface area (Å²) in [5.74, 6) is 1.53. The Morgan fingerprint density at radius 2 is 1.90 bits per heavy atom. The third kappa shape index (κ3) is 2.20. The largest absolute Gasteiger partial charge is 0.327 e. The van der Waals surface area contributed by atoms with Gasteiger partial charge in [0.2, 0.25) is 0 Å². The van der Waals surface area contributed by atoms with E-state index in [-0.39, 0.29) is 0 Å². The first-order valence-electron chi connectivity index (χ1n) is 8.68. The fraction of sp³-hybridized carbons (Fsp3) is 0.778. The molecule has 0 aromatic rings. The molecule has 0 bridgehead atoms. The molecule has 1 nitrogen and oxygen atoms in total. The molecule has 4 atom stereocenters. The van der Waals surface area contributed by atoms with Crippen LogP contribution in [0.2, 0.25) is 0 Å². The molecule has 1 aliphatic heterocycles. The lowest BCUT2D eigenvalue weighted by atomic mass is 9.73. The SMILES string of the molecule is NC1CCC2=C(SC3CCCCC23)C1C1=CCCCC1. The highest BCUT2D eigenvalue weighted by molar-refractivity contribution is 8.04. The van der Waals surface area contributed by atoms with Gasteiger partial charge in [-0.05, 0) is 62.2 Å². The zero-order chi connectivity index (χ0) is 13.5. The van der Waals surface area contributed by atoms with Crippen LogP contribution in [0.4, 0.5) is 0 Å². The van der Waals surface area contributed by atoms with E-state index < -0.39 is 0 Å². The van der Waals surface area contributed by atoms with Crippen molar-refractivity contribution in [2.24, 2.45) is 17.6 Å². The summed E-state index contributed by atoms with van der Waals surface area (Å²) in [4.78, 5) is 1.74. The van der Waals surface area contributed by atoms with Crippen LogP contribution < -0.4 is 5.73 Å². The summed E-state index contributed by atoms with van der Waals surface area (Å²) >= 11 is 2.24. The molecule has 4 aliphatic rings. The Balaban J connectivity index is 1.66. The molecule has 4 unspecified atom stereocenters. The molecule has 0 saturated heterocycles. The maximum absolute atomic E-state index is 6.57. The second-order valence-corrected chi connectivity index (χ2v) is 8.42. The lowest BCUT2D eigenvalue weighted by Crippen LogP contribution is -2.35. The van der Waals surface area contributed by atoms with Crippen molar-refractivity contribution in [3.63, 3.8) is 0 Å². The highest BCUT2D eigenvalue weighted by Crippen LogP contribution is 2.56. The molecule has 110 valence electrons. The van der Waals surface area contributed by atoms with E-state index in [9.17, 15) is 0 Å². The average Bonchev–Trinajstić information content (AvgIpc) is 2.86. The number of fused-ring (bicyclic) bond motifs is 2. The van der Waals surface area contributed by atoms with E-state index in [4.69, 9.17) is 5.73 Å². The van der Waals surface area contributed by atoms with Gasteiger partial charge in [-0.1, -0.05) is 30.1 Å². The first kappa shape index (κ1) is 13.5. The van der Waals surface area contributed by atoms with Gasteiger partial charge in [0.25, 0.3) is 0 Å². The van der Waals surface area contributed by atoms with Crippen LogP contribution in [-0.4, -0.2) is 11.3 Å². The molecular formula is C18H27NS. The van der Waals surface area contributed by atoms with Gasteiger partial charge in [-0.15, -0.1) is 11.8 Å². The quantitative estimate of drug-likeness (QED) is 0.703. The smallest absolute Gasteiger partial charge is 0.0259 e. The molecule has 0 spiro atoms. The van der Waals surface area contributed by atoms with Crippen LogP contribution in [0.25, 0.3) is 0 Å². The highest BCUT2D eigenvalue weighted by atomic mass is 32.2. The van der Waals surface area contributed by atoms with Crippen molar-refractivity contribution in [2.45, 2.75) is 75.5 Å². The first-order chi connectivity index (χ1) is 9.84. The van der Waals surface area contributed by atoms with Crippen LogP contribution in [0.5, 0.6) is 0 Å². The van der Waals surface area contributed by atoms with Crippen LogP contribution in [0.15, 0.2) is 22.1 Å². The van der Waals surface area contributed by atoms with E-state index in [2.05, 4.69) is 17.8 Å². The normalized spacial score (nSPS) is 41.1. The van der Waals surface area contributed by atoms with Crippen LogP contribution >= 0.6 is 11.8 Å². The number of allylic oxidation sites excluding steroid dienone is 2. The Kier molecular flexibility index (Phi) is 3.72. The molecule has 1 fully saturated rings. The summed E-state index contributed by atoms with van der Waals surface area (Å²) < 4.78 is 0. The van der Waals surface area contributed by atoms with Gasteiger partial charge in [0, 0.05) is 17.2 Å². The zero-order valence-electron chi connectivity index (χ0n) is 12.4. The summed E-state index contributed by atoms with van der Waals surface area (Å²) in [6.45, 7) is 0. The molecule has 0 aromatic carbocycles.